The van der Waals surface area contributed by atoms with Crippen molar-refractivity contribution in [3.05, 3.63) is 41.3 Å². The van der Waals surface area contributed by atoms with Crippen LogP contribution in [0.4, 0.5) is 0 Å². The smallest absolute Gasteiger partial charge is 0.251 e. The molecule has 25 heavy (non-hydrogen) atoms. The maximum atomic E-state index is 12.2. The zero-order chi connectivity index (χ0) is 18.0. The first kappa shape index (κ1) is 17.5. The number of benzene rings is 1. The van der Waals surface area contributed by atoms with Gasteiger partial charge in [-0.2, -0.15) is 0 Å². The van der Waals surface area contributed by atoms with Crippen molar-refractivity contribution in [1.29, 1.82) is 0 Å². The summed E-state index contributed by atoms with van der Waals surface area (Å²) in [4.78, 5) is 25.3. The van der Waals surface area contributed by atoms with E-state index in [1.165, 1.54) is 0 Å². The molecule has 1 aromatic heterocycles. The van der Waals surface area contributed by atoms with E-state index in [-0.39, 0.29) is 23.6 Å². The van der Waals surface area contributed by atoms with Crippen molar-refractivity contribution in [1.82, 2.24) is 15.4 Å². The van der Waals surface area contributed by atoms with E-state index in [0.29, 0.717) is 25.2 Å². The van der Waals surface area contributed by atoms with Crippen molar-refractivity contribution < 1.29 is 14.1 Å². The monoisotopic (exact) mass is 361 g/mol. The third-order valence-electron chi connectivity index (χ3n) is 4.44. The molecular formula is C18H20ClN3O3. The minimum absolute atomic E-state index is 0.0105. The van der Waals surface area contributed by atoms with Crippen LogP contribution in [0.2, 0.25) is 0 Å². The number of alkyl halides is 1. The molecule has 2 amide bonds. The van der Waals surface area contributed by atoms with E-state index in [2.05, 4.69) is 10.5 Å². The fourth-order valence-corrected chi connectivity index (χ4v) is 3.18. The zero-order valence-corrected chi connectivity index (χ0v) is 15.0. The summed E-state index contributed by atoms with van der Waals surface area (Å²) in [6.45, 7) is 5.61. The first-order valence-corrected chi connectivity index (χ1v) is 8.68. The van der Waals surface area contributed by atoms with Crippen LogP contribution in [-0.2, 0) is 4.79 Å². The Morgan fingerprint density at radius 2 is 1.96 bits per heavy atom. The standard InChI is InChI=1S/C18H20ClN3O3/c1-11-17(12(2)25-21-11)14-3-5-15(6-4-14)18(24)20-8-13-9-22(10-13)16(23)7-19/h3-6,13H,7-10H2,1-2H3,(H,20,24). The topological polar surface area (TPSA) is 75.4 Å². The molecule has 0 spiro atoms. The average Bonchev–Trinajstić information content (AvgIpc) is 2.91. The fourth-order valence-electron chi connectivity index (χ4n) is 3.01. The number of halogens is 1. The van der Waals surface area contributed by atoms with Crippen molar-refractivity contribution in [2.75, 3.05) is 25.5 Å². The summed E-state index contributed by atoms with van der Waals surface area (Å²) < 4.78 is 5.18. The maximum Gasteiger partial charge on any atom is 0.251 e. The van der Waals surface area contributed by atoms with Crippen LogP contribution in [0.1, 0.15) is 21.8 Å². The highest BCUT2D eigenvalue weighted by Crippen LogP contribution is 2.26. The van der Waals surface area contributed by atoms with Gasteiger partial charge < -0.3 is 14.7 Å². The van der Waals surface area contributed by atoms with E-state index >= 15 is 0 Å². The Hall–Kier alpha value is -2.34. The molecule has 0 atom stereocenters. The highest BCUT2D eigenvalue weighted by atomic mass is 35.5. The molecule has 0 bridgehead atoms. The van der Waals surface area contributed by atoms with Gasteiger partial charge in [0, 0.05) is 36.7 Å². The summed E-state index contributed by atoms with van der Waals surface area (Å²) in [7, 11) is 0. The van der Waals surface area contributed by atoms with Crippen molar-refractivity contribution in [3.63, 3.8) is 0 Å². The third kappa shape index (κ3) is 3.69. The molecule has 132 valence electrons. The van der Waals surface area contributed by atoms with Gasteiger partial charge in [-0.1, -0.05) is 17.3 Å². The van der Waals surface area contributed by atoms with E-state index in [0.717, 1.165) is 22.6 Å². The van der Waals surface area contributed by atoms with E-state index in [4.69, 9.17) is 16.1 Å². The number of carbonyl (C=O) groups is 2. The summed E-state index contributed by atoms with van der Waals surface area (Å²) >= 11 is 5.51. The number of nitrogens with zero attached hydrogens (tertiary/aromatic N) is 2. The number of aryl methyl sites for hydroxylation is 2. The molecule has 2 aromatic rings. The van der Waals surface area contributed by atoms with Crippen molar-refractivity contribution in [2.24, 2.45) is 5.92 Å². The molecule has 0 radical (unpaired) electrons. The second kappa shape index (κ2) is 7.27. The van der Waals surface area contributed by atoms with Crippen molar-refractivity contribution >= 4 is 23.4 Å². The van der Waals surface area contributed by atoms with Crippen LogP contribution in [0.15, 0.2) is 28.8 Å². The number of hydrogen-bond acceptors (Lipinski definition) is 4. The van der Waals surface area contributed by atoms with Gasteiger partial charge >= 0.3 is 0 Å². The Morgan fingerprint density at radius 3 is 2.52 bits per heavy atom. The Balaban J connectivity index is 1.54. The molecule has 0 unspecified atom stereocenters. The number of amides is 2. The van der Waals surface area contributed by atoms with Crippen LogP contribution in [0.5, 0.6) is 0 Å². The molecule has 1 N–H and O–H groups in total. The summed E-state index contributed by atoms with van der Waals surface area (Å²) in [6.07, 6.45) is 0. The lowest BCUT2D eigenvalue weighted by molar-refractivity contribution is -0.134. The first-order chi connectivity index (χ1) is 12.0. The summed E-state index contributed by atoms with van der Waals surface area (Å²) in [5.74, 6) is 0.885. The molecule has 0 aliphatic carbocycles. The number of carbonyl (C=O) groups excluding carboxylic acids is 2. The molecule has 1 saturated heterocycles. The van der Waals surface area contributed by atoms with E-state index in [1.54, 1.807) is 17.0 Å². The van der Waals surface area contributed by atoms with Crippen LogP contribution in [0.25, 0.3) is 11.1 Å². The molecule has 3 rings (SSSR count). The number of aromatic nitrogens is 1. The number of hydrogen-bond donors (Lipinski definition) is 1. The average molecular weight is 362 g/mol. The molecule has 1 aliphatic heterocycles. The Labute approximate surface area is 151 Å². The number of nitrogens with one attached hydrogen (secondary N) is 1. The lowest BCUT2D eigenvalue weighted by Crippen LogP contribution is -2.54. The predicted molar refractivity (Wildman–Crippen MR) is 94.5 cm³/mol. The van der Waals surface area contributed by atoms with Gasteiger partial charge in [0.15, 0.2) is 0 Å². The number of rotatable bonds is 5. The van der Waals surface area contributed by atoms with Crippen LogP contribution in [-0.4, -0.2) is 47.4 Å². The highest BCUT2D eigenvalue weighted by molar-refractivity contribution is 6.27. The van der Waals surface area contributed by atoms with E-state index in [9.17, 15) is 9.59 Å². The van der Waals surface area contributed by atoms with Crippen molar-refractivity contribution in [2.45, 2.75) is 13.8 Å². The molecule has 1 aromatic carbocycles. The fraction of sp³-hybridized carbons (Fsp3) is 0.389. The maximum absolute atomic E-state index is 12.2. The summed E-state index contributed by atoms with van der Waals surface area (Å²) in [5.41, 5.74) is 3.37. The minimum Gasteiger partial charge on any atom is -0.361 e. The molecule has 1 aliphatic rings. The van der Waals surface area contributed by atoms with Crippen LogP contribution >= 0.6 is 11.6 Å². The molecule has 7 heteroatoms. The Morgan fingerprint density at radius 1 is 1.28 bits per heavy atom. The predicted octanol–water partition coefficient (Wildman–Crippen LogP) is 2.39. The minimum atomic E-state index is -0.118. The van der Waals surface area contributed by atoms with Gasteiger partial charge in [-0.05, 0) is 31.5 Å². The first-order valence-electron chi connectivity index (χ1n) is 8.15. The molecule has 0 saturated carbocycles. The second-order valence-corrected chi connectivity index (χ2v) is 6.55. The van der Waals surface area contributed by atoms with Crippen LogP contribution in [0.3, 0.4) is 0 Å². The lowest BCUT2D eigenvalue weighted by atomic mass is 9.99. The summed E-state index contributed by atoms with van der Waals surface area (Å²) in [5, 5.41) is 6.86. The van der Waals surface area contributed by atoms with E-state index in [1.807, 2.05) is 26.0 Å². The third-order valence-corrected chi connectivity index (χ3v) is 4.67. The molecule has 6 nitrogen and oxygen atoms in total. The van der Waals surface area contributed by atoms with Crippen LogP contribution < -0.4 is 5.32 Å². The van der Waals surface area contributed by atoms with Gasteiger partial charge in [-0.15, -0.1) is 11.6 Å². The normalized spacial score (nSPS) is 14.3. The van der Waals surface area contributed by atoms with E-state index < -0.39 is 0 Å². The van der Waals surface area contributed by atoms with Gasteiger partial charge in [0.25, 0.3) is 5.91 Å². The molecular weight excluding hydrogens is 342 g/mol. The van der Waals surface area contributed by atoms with Gasteiger partial charge in [0.1, 0.15) is 11.6 Å². The lowest BCUT2D eigenvalue weighted by Gasteiger charge is -2.39. The van der Waals surface area contributed by atoms with Crippen molar-refractivity contribution in [3.8, 4) is 11.1 Å². The second-order valence-electron chi connectivity index (χ2n) is 6.28. The van der Waals surface area contributed by atoms with Gasteiger partial charge in [-0.3, -0.25) is 9.59 Å². The summed E-state index contributed by atoms with van der Waals surface area (Å²) in [6, 6.07) is 7.37. The molecule has 2 heterocycles. The Kier molecular flexibility index (Phi) is 5.08. The largest absolute Gasteiger partial charge is 0.361 e. The zero-order valence-electron chi connectivity index (χ0n) is 14.2. The quantitative estimate of drug-likeness (QED) is 0.830. The number of likely N-dealkylation sites (tertiary alicyclic amines) is 1. The van der Waals surface area contributed by atoms with Gasteiger partial charge in [0.2, 0.25) is 5.91 Å². The SMILES string of the molecule is Cc1noc(C)c1-c1ccc(C(=O)NCC2CN(C(=O)CCl)C2)cc1. The van der Waals surface area contributed by atoms with Gasteiger partial charge in [0.05, 0.1) is 5.69 Å². The van der Waals surface area contributed by atoms with Crippen LogP contribution in [0, 0.1) is 19.8 Å². The highest BCUT2D eigenvalue weighted by Gasteiger charge is 2.30. The van der Waals surface area contributed by atoms with Gasteiger partial charge in [-0.25, -0.2) is 0 Å². The molecule has 1 fully saturated rings. The Bertz CT molecular complexity index is 760.